The number of hydrazone groups is 1. The maximum Gasteiger partial charge on any atom is 0.262 e. The van der Waals surface area contributed by atoms with E-state index in [0.29, 0.717) is 23.7 Å². The number of ether oxygens (including phenoxy) is 2. The fourth-order valence-electron chi connectivity index (χ4n) is 3.21. The Morgan fingerprint density at radius 2 is 1.82 bits per heavy atom. The average Bonchev–Trinajstić information content (AvgIpc) is 2.84. The number of fused-ring (bicyclic) bond motifs is 1. The molecule has 0 aliphatic heterocycles. The maximum atomic E-state index is 12.5. The Morgan fingerprint density at radius 3 is 2.55 bits per heavy atom. The van der Waals surface area contributed by atoms with Gasteiger partial charge < -0.3 is 14.8 Å². The maximum absolute atomic E-state index is 12.5. The highest BCUT2D eigenvalue weighted by molar-refractivity contribution is 6.03. The van der Waals surface area contributed by atoms with Gasteiger partial charge in [0, 0.05) is 11.1 Å². The van der Waals surface area contributed by atoms with Gasteiger partial charge in [0.15, 0.2) is 0 Å². The van der Waals surface area contributed by atoms with E-state index in [0.717, 1.165) is 29.2 Å². The van der Waals surface area contributed by atoms with Crippen LogP contribution >= 0.6 is 0 Å². The van der Waals surface area contributed by atoms with E-state index in [9.17, 15) is 9.59 Å². The number of nitrogens with one attached hydrogen (secondary N) is 2. The summed E-state index contributed by atoms with van der Waals surface area (Å²) in [5.74, 6) is 0.575. The lowest BCUT2D eigenvalue weighted by atomic mass is 10.0. The van der Waals surface area contributed by atoms with E-state index in [1.54, 1.807) is 44.5 Å². The topological polar surface area (TPSA) is 89.0 Å². The van der Waals surface area contributed by atoms with Crippen LogP contribution in [0.3, 0.4) is 0 Å². The number of benzene rings is 3. The molecule has 7 heteroatoms. The number of nitrogens with zero attached hydrogens (tertiary/aromatic N) is 1. The van der Waals surface area contributed by atoms with E-state index in [2.05, 4.69) is 22.8 Å². The SMILES string of the molecule is CCCCOc1ccc2ccccc2c1C=NNC(=O)C(C)NC(=O)c1ccc(OC)cc1. The van der Waals surface area contributed by atoms with Crippen molar-refractivity contribution in [1.29, 1.82) is 0 Å². The van der Waals surface area contributed by atoms with E-state index in [1.807, 2.05) is 36.4 Å². The third kappa shape index (κ3) is 6.32. The van der Waals surface area contributed by atoms with Gasteiger partial charge in [0.1, 0.15) is 17.5 Å². The van der Waals surface area contributed by atoms with Crippen molar-refractivity contribution in [3.05, 3.63) is 71.8 Å². The third-order valence-electron chi connectivity index (χ3n) is 5.15. The molecule has 172 valence electrons. The van der Waals surface area contributed by atoms with E-state index in [1.165, 1.54) is 0 Å². The molecule has 3 rings (SSSR count). The van der Waals surface area contributed by atoms with Gasteiger partial charge in [0.05, 0.1) is 19.9 Å². The molecule has 3 aromatic rings. The molecule has 0 saturated carbocycles. The number of hydrogen-bond acceptors (Lipinski definition) is 5. The highest BCUT2D eigenvalue weighted by Gasteiger charge is 2.16. The number of carbonyl (C=O) groups is 2. The van der Waals surface area contributed by atoms with Crippen LogP contribution in [0.4, 0.5) is 0 Å². The summed E-state index contributed by atoms with van der Waals surface area (Å²) in [6, 6.07) is 17.7. The minimum absolute atomic E-state index is 0.357. The highest BCUT2D eigenvalue weighted by atomic mass is 16.5. The van der Waals surface area contributed by atoms with Gasteiger partial charge in [-0.1, -0.05) is 43.7 Å². The minimum atomic E-state index is -0.774. The van der Waals surface area contributed by atoms with Crippen LogP contribution in [0.5, 0.6) is 11.5 Å². The first-order valence-corrected chi connectivity index (χ1v) is 11.0. The lowest BCUT2D eigenvalue weighted by Gasteiger charge is -2.13. The Labute approximate surface area is 193 Å². The monoisotopic (exact) mass is 447 g/mol. The van der Waals surface area contributed by atoms with Crippen LogP contribution in [0.1, 0.15) is 42.6 Å². The van der Waals surface area contributed by atoms with Crippen LogP contribution in [0, 0.1) is 0 Å². The molecule has 0 aliphatic rings. The molecule has 7 nitrogen and oxygen atoms in total. The molecule has 0 heterocycles. The largest absolute Gasteiger partial charge is 0.497 e. The molecule has 0 aromatic heterocycles. The normalized spacial score (nSPS) is 11.8. The van der Waals surface area contributed by atoms with Crippen molar-refractivity contribution in [1.82, 2.24) is 10.7 Å². The van der Waals surface area contributed by atoms with Crippen LogP contribution in [0.25, 0.3) is 10.8 Å². The van der Waals surface area contributed by atoms with Gasteiger partial charge in [0.2, 0.25) is 0 Å². The quantitative estimate of drug-likeness (QED) is 0.276. The van der Waals surface area contributed by atoms with Crippen molar-refractivity contribution in [2.45, 2.75) is 32.7 Å². The first kappa shape index (κ1) is 23.8. The fourth-order valence-corrected chi connectivity index (χ4v) is 3.21. The van der Waals surface area contributed by atoms with E-state index in [4.69, 9.17) is 9.47 Å². The molecule has 0 radical (unpaired) electrons. The molecule has 0 spiro atoms. The molecule has 2 amide bonds. The molecular formula is C26H29N3O4. The van der Waals surface area contributed by atoms with Gasteiger partial charge in [-0.15, -0.1) is 0 Å². The molecule has 1 atom stereocenters. The van der Waals surface area contributed by atoms with Gasteiger partial charge in [-0.3, -0.25) is 9.59 Å². The summed E-state index contributed by atoms with van der Waals surface area (Å²) in [6.45, 7) is 4.32. The summed E-state index contributed by atoms with van der Waals surface area (Å²) in [6.07, 6.45) is 3.57. The second kappa shape index (κ2) is 11.7. The highest BCUT2D eigenvalue weighted by Crippen LogP contribution is 2.27. The number of amides is 2. The number of rotatable bonds is 10. The van der Waals surface area contributed by atoms with Crippen molar-refractivity contribution in [2.75, 3.05) is 13.7 Å². The van der Waals surface area contributed by atoms with Gasteiger partial charge >= 0.3 is 0 Å². The molecule has 33 heavy (non-hydrogen) atoms. The molecule has 3 aromatic carbocycles. The summed E-state index contributed by atoms with van der Waals surface area (Å²) in [7, 11) is 1.56. The number of methoxy groups -OCH3 is 1. The van der Waals surface area contributed by atoms with Crippen molar-refractivity contribution < 1.29 is 19.1 Å². The smallest absolute Gasteiger partial charge is 0.262 e. The van der Waals surface area contributed by atoms with Gasteiger partial charge in [-0.2, -0.15) is 5.10 Å². The fraction of sp³-hybridized carbons (Fsp3) is 0.269. The first-order chi connectivity index (χ1) is 16.0. The summed E-state index contributed by atoms with van der Waals surface area (Å²) in [5.41, 5.74) is 3.73. The number of unbranched alkanes of at least 4 members (excludes halogenated alkanes) is 1. The van der Waals surface area contributed by atoms with Crippen molar-refractivity contribution in [2.24, 2.45) is 5.10 Å². The van der Waals surface area contributed by atoms with E-state index in [-0.39, 0.29) is 5.91 Å². The molecule has 0 bridgehead atoms. The lowest BCUT2D eigenvalue weighted by molar-refractivity contribution is -0.122. The summed E-state index contributed by atoms with van der Waals surface area (Å²) >= 11 is 0. The van der Waals surface area contributed by atoms with Crippen LogP contribution < -0.4 is 20.2 Å². The Kier molecular flexibility index (Phi) is 8.41. The van der Waals surface area contributed by atoms with E-state index < -0.39 is 11.9 Å². The lowest BCUT2D eigenvalue weighted by Crippen LogP contribution is -2.43. The third-order valence-corrected chi connectivity index (χ3v) is 5.15. The second-order valence-corrected chi connectivity index (χ2v) is 7.56. The molecule has 0 aliphatic carbocycles. The molecule has 2 N–H and O–H groups in total. The molecule has 0 saturated heterocycles. The predicted octanol–water partition coefficient (Wildman–Crippen LogP) is 4.30. The zero-order valence-electron chi connectivity index (χ0n) is 19.1. The molecule has 1 unspecified atom stereocenters. The van der Waals surface area contributed by atoms with Crippen molar-refractivity contribution in [3.63, 3.8) is 0 Å². The number of hydrogen-bond donors (Lipinski definition) is 2. The molecule has 0 fully saturated rings. The van der Waals surface area contributed by atoms with E-state index >= 15 is 0 Å². The van der Waals surface area contributed by atoms with Gasteiger partial charge in [-0.05, 0) is 54.4 Å². The Morgan fingerprint density at radius 1 is 1.06 bits per heavy atom. The Hall–Kier alpha value is -3.87. The minimum Gasteiger partial charge on any atom is -0.497 e. The Balaban J connectivity index is 1.67. The van der Waals surface area contributed by atoms with Crippen LogP contribution in [0.15, 0.2) is 65.8 Å². The van der Waals surface area contributed by atoms with Crippen molar-refractivity contribution >= 4 is 28.8 Å². The van der Waals surface area contributed by atoms with Crippen molar-refractivity contribution in [3.8, 4) is 11.5 Å². The summed E-state index contributed by atoms with van der Waals surface area (Å²) < 4.78 is 11.0. The van der Waals surface area contributed by atoms with Crippen LogP contribution in [0.2, 0.25) is 0 Å². The van der Waals surface area contributed by atoms with Crippen LogP contribution in [-0.2, 0) is 4.79 Å². The second-order valence-electron chi connectivity index (χ2n) is 7.56. The van der Waals surface area contributed by atoms with Crippen LogP contribution in [-0.4, -0.2) is 37.8 Å². The van der Waals surface area contributed by atoms with Gasteiger partial charge in [-0.25, -0.2) is 5.43 Å². The Bertz CT molecular complexity index is 1130. The average molecular weight is 448 g/mol. The standard InChI is InChI=1S/C26H29N3O4/c1-4-5-16-33-24-15-12-19-8-6-7-9-22(19)23(24)17-27-29-25(30)18(2)28-26(31)20-10-13-21(32-3)14-11-20/h6-15,17-18H,4-5,16H2,1-3H3,(H,28,31)(H,29,30). The zero-order chi connectivity index (χ0) is 23.6. The zero-order valence-corrected chi connectivity index (χ0v) is 19.1. The molecular weight excluding hydrogens is 418 g/mol. The predicted molar refractivity (Wildman–Crippen MR) is 130 cm³/mol. The summed E-state index contributed by atoms with van der Waals surface area (Å²) in [4.78, 5) is 24.9. The number of carbonyl (C=O) groups excluding carboxylic acids is 2. The first-order valence-electron chi connectivity index (χ1n) is 11.0. The summed E-state index contributed by atoms with van der Waals surface area (Å²) in [5, 5.41) is 8.83. The van der Waals surface area contributed by atoms with Gasteiger partial charge in [0.25, 0.3) is 11.8 Å².